The molecular formula is C15H15N3O. The van der Waals surface area contributed by atoms with E-state index in [2.05, 4.69) is 14.9 Å². The lowest BCUT2D eigenvalue weighted by Gasteiger charge is -2.25. The molecule has 96 valence electrons. The van der Waals surface area contributed by atoms with Crippen molar-refractivity contribution in [1.29, 1.82) is 0 Å². The summed E-state index contributed by atoms with van der Waals surface area (Å²) in [5.41, 5.74) is 2.13. The quantitative estimate of drug-likeness (QED) is 0.824. The molecule has 4 nitrogen and oxygen atoms in total. The van der Waals surface area contributed by atoms with Crippen molar-refractivity contribution in [3.8, 4) is 11.1 Å². The number of hydrogen-bond acceptors (Lipinski definition) is 4. The van der Waals surface area contributed by atoms with Crippen molar-refractivity contribution >= 4 is 11.7 Å². The first-order valence-electron chi connectivity index (χ1n) is 6.47. The van der Waals surface area contributed by atoms with Crippen molar-refractivity contribution in [2.75, 3.05) is 18.0 Å². The highest BCUT2D eigenvalue weighted by molar-refractivity contribution is 5.80. The van der Waals surface area contributed by atoms with Crippen molar-refractivity contribution < 1.29 is 4.79 Å². The zero-order chi connectivity index (χ0) is 13.1. The van der Waals surface area contributed by atoms with Gasteiger partial charge in [0.1, 0.15) is 5.78 Å². The van der Waals surface area contributed by atoms with Gasteiger partial charge < -0.3 is 4.90 Å². The van der Waals surface area contributed by atoms with E-state index in [0.717, 1.165) is 24.2 Å². The molecule has 0 N–H and O–H groups in total. The van der Waals surface area contributed by atoms with Crippen LogP contribution in [0.5, 0.6) is 0 Å². The van der Waals surface area contributed by atoms with Gasteiger partial charge in [-0.2, -0.15) is 0 Å². The number of piperidine rings is 1. The van der Waals surface area contributed by atoms with Gasteiger partial charge in [-0.1, -0.05) is 30.3 Å². The topological polar surface area (TPSA) is 46.1 Å². The molecule has 1 fully saturated rings. The third kappa shape index (κ3) is 2.62. The Labute approximate surface area is 112 Å². The Morgan fingerprint density at radius 3 is 2.16 bits per heavy atom. The third-order valence-electron chi connectivity index (χ3n) is 3.35. The molecule has 0 bridgehead atoms. The molecule has 0 saturated carbocycles. The van der Waals surface area contributed by atoms with Crippen LogP contribution in [0.1, 0.15) is 12.8 Å². The highest BCUT2D eigenvalue weighted by Crippen LogP contribution is 2.19. The van der Waals surface area contributed by atoms with Gasteiger partial charge in [0.05, 0.1) is 0 Å². The average Bonchev–Trinajstić information content (AvgIpc) is 2.49. The van der Waals surface area contributed by atoms with Crippen LogP contribution in [0.4, 0.5) is 5.95 Å². The minimum atomic E-state index is 0.331. The van der Waals surface area contributed by atoms with Gasteiger partial charge in [0.2, 0.25) is 5.95 Å². The van der Waals surface area contributed by atoms with Gasteiger partial charge in [0.25, 0.3) is 0 Å². The van der Waals surface area contributed by atoms with Crippen LogP contribution < -0.4 is 4.90 Å². The maximum atomic E-state index is 11.2. The molecule has 0 radical (unpaired) electrons. The Balaban J connectivity index is 1.78. The van der Waals surface area contributed by atoms with Crippen molar-refractivity contribution in [3.63, 3.8) is 0 Å². The van der Waals surface area contributed by atoms with Gasteiger partial charge >= 0.3 is 0 Å². The van der Waals surface area contributed by atoms with E-state index in [1.807, 2.05) is 42.7 Å². The molecule has 2 heterocycles. The van der Waals surface area contributed by atoms with Crippen LogP contribution in [0.25, 0.3) is 11.1 Å². The maximum Gasteiger partial charge on any atom is 0.225 e. The lowest BCUT2D eigenvalue weighted by molar-refractivity contribution is -0.119. The summed E-state index contributed by atoms with van der Waals surface area (Å²) >= 11 is 0. The molecule has 0 aliphatic carbocycles. The van der Waals surface area contributed by atoms with Gasteiger partial charge in [-0.05, 0) is 5.56 Å². The second-order valence-electron chi connectivity index (χ2n) is 4.66. The summed E-state index contributed by atoms with van der Waals surface area (Å²) in [5, 5.41) is 0. The SMILES string of the molecule is O=C1CCN(c2ncc(-c3ccccc3)cn2)CC1. The molecule has 0 atom stereocenters. The van der Waals surface area contributed by atoms with Crippen LogP contribution in [0.3, 0.4) is 0 Å². The van der Waals surface area contributed by atoms with Gasteiger partial charge in [0, 0.05) is 43.9 Å². The summed E-state index contributed by atoms with van der Waals surface area (Å²) in [7, 11) is 0. The molecule has 0 spiro atoms. The van der Waals surface area contributed by atoms with Crippen LogP contribution in [-0.4, -0.2) is 28.8 Å². The molecule has 0 unspecified atom stereocenters. The van der Waals surface area contributed by atoms with Crippen molar-refractivity contribution in [2.24, 2.45) is 0 Å². The molecule has 1 aliphatic heterocycles. The van der Waals surface area contributed by atoms with Gasteiger partial charge in [0.15, 0.2) is 0 Å². The number of hydrogen-bond donors (Lipinski definition) is 0. The van der Waals surface area contributed by atoms with Crippen LogP contribution in [-0.2, 0) is 4.79 Å². The first-order valence-corrected chi connectivity index (χ1v) is 6.47. The Morgan fingerprint density at radius 2 is 1.53 bits per heavy atom. The summed E-state index contributed by atoms with van der Waals surface area (Å²) < 4.78 is 0. The van der Waals surface area contributed by atoms with Crippen LogP contribution in [0, 0.1) is 0 Å². The first kappa shape index (κ1) is 11.8. The number of nitrogens with zero attached hydrogens (tertiary/aromatic N) is 3. The van der Waals surface area contributed by atoms with E-state index in [4.69, 9.17) is 0 Å². The van der Waals surface area contributed by atoms with Crippen molar-refractivity contribution in [3.05, 3.63) is 42.7 Å². The second-order valence-corrected chi connectivity index (χ2v) is 4.66. The molecular weight excluding hydrogens is 238 g/mol. The Morgan fingerprint density at radius 1 is 0.895 bits per heavy atom. The maximum absolute atomic E-state index is 11.2. The monoisotopic (exact) mass is 253 g/mol. The standard InChI is InChI=1S/C15H15N3O/c19-14-6-8-18(9-7-14)15-16-10-13(11-17-15)12-4-2-1-3-5-12/h1-5,10-11H,6-9H2. The average molecular weight is 253 g/mol. The molecule has 1 aromatic heterocycles. The normalized spacial score (nSPS) is 15.6. The second kappa shape index (κ2) is 5.18. The number of aromatic nitrogens is 2. The van der Waals surface area contributed by atoms with Crippen molar-refractivity contribution in [1.82, 2.24) is 9.97 Å². The number of Topliss-reactive ketones (excluding diaryl/α,β-unsaturated/α-hetero) is 1. The van der Waals surface area contributed by atoms with Crippen LogP contribution >= 0.6 is 0 Å². The molecule has 1 saturated heterocycles. The highest BCUT2D eigenvalue weighted by atomic mass is 16.1. The number of benzene rings is 1. The van der Waals surface area contributed by atoms with Gasteiger partial charge in [-0.15, -0.1) is 0 Å². The molecule has 3 rings (SSSR count). The zero-order valence-electron chi connectivity index (χ0n) is 10.6. The Hall–Kier alpha value is -2.23. The van der Waals surface area contributed by atoms with E-state index in [9.17, 15) is 4.79 Å². The number of carbonyl (C=O) groups is 1. The van der Waals surface area contributed by atoms with Gasteiger partial charge in [-0.3, -0.25) is 4.79 Å². The number of anilines is 1. The van der Waals surface area contributed by atoms with Crippen LogP contribution in [0.15, 0.2) is 42.7 Å². The van der Waals surface area contributed by atoms with E-state index in [-0.39, 0.29) is 0 Å². The minimum absolute atomic E-state index is 0.331. The number of rotatable bonds is 2. The summed E-state index contributed by atoms with van der Waals surface area (Å²) in [6.45, 7) is 1.45. The summed E-state index contributed by atoms with van der Waals surface area (Å²) in [6, 6.07) is 10.1. The zero-order valence-corrected chi connectivity index (χ0v) is 10.6. The molecule has 19 heavy (non-hydrogen) atoms. The largest absolute Gasteiger partial charge is 0.340 e. The molecule has 1 aliphatic rings. The predicted molar refractivity (Wildman–Crippen MR) is 73.9 cm³/mol. The van der Waals surface area contributed by atoms with E-state index in [1.54, 1.807) is 0 Å². The fraction of sp³-hybridized carbons (Fsp3) is 0.267. The lowest BCUT2D eigenvalue weighted by atomic mass is 10.1. The van der Waals surface area contributed by atoms with E-state index in [0.29, 0.717) is 24.6 Å². The number of carbonyl (C=O) groups excluding carboxylic acids is 1. The first-order chi connectivity index (χ1) is 9.33. The lowest BCUT2D eigenvalue weighted by Crippen LogP contribution is -2.34. The fourth-order valence-electron chi connectivity index (χ4n) is 2.22. The van der Waals surface area contributed by atoms with E-state index in [1.165, 1.54) is 0 Å². The summed E-state index contributed by atoms with van der Waals surface area (Å²) in [5.74, 6) is 1.05. The summed E-state index contributed by atoms with van der Waals surface area (Å²) in [6.07, 6.45) is 4.88. The molecule has 1 aromatic carbocycles. The minimum Gasteiger partial charge on any atom is -0.340 e. The Kier molecular flexibility index (Phi) is 3.23. The molecule has 4 heteroatoms. The molecule has 2 aromatic rings. The van der Waals surface area contributed by atoms with Crippen molar-refractivity contribution in [2.45, 2.75) is 12.8 Å². The van der Waals surface area contributed by atoms with Crippen LogP contribution in [0.2, 0.25) is 0 Å². The molecule has 0 amide bonds. The summed E-state index contributed by atoms with van der Waals surface area (Å²) in [4.78, 5) is 22.1. The number of ketones is 1. The highest BCUT2D eigenvalue weighted by Gasteiger charge is 2.18. The van der Waals surface area contributed by atoms with E-state index < -0.39 is 0 Å². The van der Waals surface area contributed by atoms with Gasteiger partial charge in [-0.25, -0.2) is 9.97 Å². The fourth-order valence-corrected chi connectivity index (χ4v) is 2.22. The Bertz CT molecular complexity index is 556. The smallest absolute Gasteiger partial charge is 0.225 e. The third-order valence-corrected chi connectivity index (χ3v) is 3.35. The predicted octanol–water partition coefficient (Wildman–Crippen LogP) is 2.31. The van der Waals surface area contributed by atoms with E-state index >= 15 is 0 Å².